The molecule has 28 heavy (non-hydrogen) atoms. The molecule has 1 aromatic carbocycles. The van der Waals surface area contributed by atoms with Crippen molar-refractivity contribution in [2.75, 3.05) is 11.9 Å². The second-order valence-electron chi connectivity index (χ2n) is 7.84. The molecule has 1 unspecified atom stereocenters. The molecule has 2 aliphatic rings. The van der Waals surface area contributed by atoms with E-state index in [0.717, 1.165) is 41.7 Å². The van der Waals surface area contributed by atoms with E-state index in [1.54, 1.807) is 0 Å². The Bertz CT molecular complexity index is 873. The molecule has 4 N–H and O–H groups in total. The Hall–Kier alpha value is -2.12. The fourth-order valence-electron chi connectivity index (χ4n) is 4.37. The van der Waals surface area contributed by atoms with Crippen LogP contribution in [0.25, 0.3) is 10.9 Å². The zero-order chi connectivity index (χ0) is 19.0. The number of anilines is 1. The minimum Gasteiger partial charge on any atom is -0.382 e. The minimum absolute atomic E-state index is 0. The normalized spacial score (nSPS) is 25.3. The van der Waals surface area contributed by atoms with Crippen LogP contribution in [0.5, 0.6) is 0 Å². The molecule has 7 nitrogen and oxygen atoms in total. The summed E-state index contributed by atoms with van der Waals surface area (Å²) in [6, 6.07) is 6.68. The summed E-state index contributed by atoms with van der Waals surface area (Å²) in [4.78, 5) is 23.7. The molecule has 1 saturated heterocycles. The highest BCUT2D eigenvalue weighted by atomic mass is 35.5. The molecule has 2 aromatic rings. The third-order valence-corrected chi connectivity index (χ3v) is 6.00. The van der Waals surface area contributed by atoms with Crippen LogP contribution in [0.1, 0.15) is 50.1 Å². The summed E-state index contributed by atoms with van der Waals surface area (Å²) in [6.07, 6.45) is 5.53. The van der Waals surface area contributed by atoms with E-state index in [9.17, 15) is 9.59 Å². The summed E-state index contributed by atoms with van der Waals surface area (Å²) >= 11 is 0. The first-order valence-electron chi connectivity index (χ1n) is 9.82. The lowest BCUT2D eigenvalue weighted by Crippen LogP contribution is -2.39. The smallest absolute Gasteiger partial charge is 0.235 e. The average Bonchev–Trinajstić information content (AvgIpc) is 2.98. The van der Waals surface area contributed by atoms with Gasteiger partial charge in [0.05, 0.1) is 17.1 Å². The maximum Gasteiger partial charge on any atom is 0.235 e. The topological polar surface area (TPSA) is 102 Å². The standard InChI is InChI=1S/C20H27N5O2.ClH/c1-25-17-10-14(22-13-4-2-12(11-21)3-5-13)6-7-15(17)19(24-25)16-8-9-18(26)23-20(16)27;/h6-7,10,12-13,16,22H,2-5,8-9,11,21H2,1H3,(H,23,26,27);1H/t12-,13-,16?;. The van der Waals surface area contributed by atoms with Gasteiger partial charge in [0.25, 0.3) is 0 Å². The van der Waals surface area contributed by atoms with Crippen molar-refractivity contribution in [3.8, 4) is 0 Å². The van der Waals surface area contributed by atoms with Gasteiger partial charge >= 0.3 is 0 Å². The molecule has 0 bridgehead atoms. The van der Waals surface area contributed by atoms with Gasteiger partial charge in [-0.05, 0) is 62.8 Å². The van der Waals surface area contributed by atoms with Gasteiger partial charge in [0.15, 0.2) is 0 Å². The van der Waals surface area contributed by atoms with E-state index >= 15 is 0 Å². The van der Waals surface area contributed by atoms with Crippen molar-refractivity contribution in [1.82, 2.24) is 15.1 Å². The predicted molar refractivity (Wildman–Crippen MR) is 112 cm³/mol. The molecule has 1 aliphatic carbocycles. The molecule has 152 valence electrons. The van der Waals surface area contributed by atoms with Gasteiger partial charge < -0.3 is 11.1 Å². The van der Waals surface area contributed by atoms with Crippen LogP contribution < -0.4 is 16.4 Å². The van der Waals surface area contributed by atoms with E-state index < -0.39 is 0 Å². The number of carbonyl (C=O) groups excluding carboxylic acids is 2. The third kappa shape index (κ3) is 4.00. The van der Waals surface area contributed by atoms with Crippen molar-refractivity contribution in [3.63, 3.8) is 0 Å². The highest BCUT2D eigenvalue weighted by Gasteiger charge is 2.31. The van der Waals surface area contributed by atoms with Crippen LogP contribution in [0.3, 0.4) is 0 Å². The fourth-order valence-corrected chi connectivity index (χ4v) is 4.37. The van der Waals surface area contributed by atoms with E-state index in [-0.39, 0.29) is 30.1 Å². The van der Waals surface area contributed by atoms with Crippen LogP contribution in [0.4, 0.5) is 5.69 Å². The molecule has 4 rings (SSSR count). The number of hydrogen-bond acceptors (Lipinski definition) is 5. The monoisotopic (exact) mass is 405 g/mol. The van der Waals surface area contributed by atoms with Crippen molar-refractivity contribution >= 4 is 40.8 Å². The van der Waals surface area contributed by atoms with E-state index in [1.807, 2.05) is 17.8 Å². The number of amides is 2. The molecule has 1 atom stereocenters. The Kier molecular flexibility index (Phi) is 6.25. The number of aromatic nitrogens is 2. The maximum absolute atomic E-state index is 12.2. The number of imide groups is 1. The first kappa shape index (κ1) is 20.6. The molecule has 0 radical (unpaired) electrons. The average molecular weight is 406 g/mol. The molecule has 2 heterocycles. The first-order chi connectivity index (χ1) is 13.0. The number of halogens is 1. The Morgan fingerprint density at radius 3 is 2.64 bits per heavy atom. The van der Waals surface area contributed by atoms with Gasteiger partial charge in [0, 0.05) is 30.6 Å². The van der Waals surface area contributed by atoms with E-state index in [2.05, 4.69) is 27.9 Å². The number of nitrogens with zero attached hydrogens (tertiary/aromatic N) is 2. The van der Waals surface area contributed by atoms with Crippen molar-refractivity contribution in [2.45, 2.75) is 50.5 Å². The van der Waals surface area contributed by atoms with Gasteiger partial charge in [-0.2, -0.15) is 5.10 Å². The lowest BCUT2D eigenvalue weighted by atomic mass is 9.86. The maximum atomic E-state index is 12.2. The SMILES string of the molecule is Cl.Cn1nc(C2CCC(=O)NC2=O)c2ccc(N[C@H]3CC[C@H](CN)CC3)cc21. The Morgan fingerprint density at radius 2 is 1.96 bits per heavy atom. The second kappa shape index (κ2) is 8.49. The molecule has 2 fully saturated rings. The van der Waals surface area contributed by atoms with Crippen molar-refractivity contribution in [2.24, 2.45) is 18.7 Å². The van der Waals surface area contributed by atoms with Crippen molar-refractivity contribution in [1.29, 1.82) is 0 Å². The molecule has 2 amide bonds. The van der Waals surface area contributed by atoms with Crippen LogP contribution in [0, 0.1) is 5.92 Å². The van der Waals surface area contributed by atoms with Gasteiger partial charge in [-0.15, -0.1) is 12.4 Å². The van der Waals surface area contributed by atoms with Crippen molar-refractivity contribution < 1.29 is 9.59 Å². The summed E-state index contributed by atoms with van der Waals surface area (Å²) in [5, 5.41) is 11.6. The number of nitrogens with two attached hydrogens (primary N) is 1. The molecule has 0 spiro atoms. The van der Waals surface area contributed by atoms with Gasteiger partial charge in [-0.25, -0.2) is 0 Å². The summed E-state index contributed by atoms with van der Waals surface area (Å²) in [6.45, 7) is 0.789. The van der Waals surface area contributed by atoms with Crippen LogP contribution >= 0.6 is 12.4 Å². The molecule has 8 heteroatoms. The zero-order valence-corrected chi connectivity index (χ0v) is 16.9. The number of aryl methyl sites for hydroxylation is 1. The fraction of sp³-hybridized carbons (Fsp3) is 0.550. The zero-order valence-electron chi connectivity index (χ0n) is 16.1. The van der Waals surface area contributed by atoms with Crippen LogP contribution in [-0.4, -0.2) is 34.2 Å². The number of hydrogen-bond donors (Lipinski definition) is 3. The number of rotatable bonds is 4. The lowest BCUT2D eigenvalue weighted by molar-refractivity contribution is -0.134. The Labute approximate surface area is 170 Å². The van der Waals surface area contributed by atoms with Crippen LogP contribution in [0.2, 0.25) is 0 Å². The van der Waals surface area contributed by atoms with Gasteiger partial charge in [0.2, 0.25) is 11.8 Å². The minimum atomic E-state index is -0.364. The molecule has 1 aliphatic heterocycles. The Morgan fingerprint density at radius 1 is 1.21 bits per heavy atom. The second-order valence-corrected chi connectivity index (χ2v) is 7.84. The molecule has 1 saturated carbocycles. The highest BCUT2D eigenvalue weighted by Crippen LogP contribution is 2.32. The van der Waals surface area contributed by atoms with Crippen LogP contribution in [0.15, 0.2) is 18.2 Å². The van der Waals surface area contributed by atoms with Gasteiger partial charge in [-0.1, -0.05) is 0 Å². The third-order valence-electron chi connectivity index (χ3n) is 6.00. The quantitative estimate of drug-likeness (QED) is 0.678. The van der Waals surface area contributed by atoms with E-state index in [4.69, 9.17) is 5.73 Å². The lowest BCUT2D eigenvalue weighted by Gasteiger charge is -2.29. The molecular weight excluding hydrogens is 378 g/mol. The summed E-state index contributed by atoms with van der Waals surface area (Å²) in [5.74, 6) is -0.145. The highest BCUT2D eigenvalue weighted by molar-refractivity contribution is 6.02. The van der Waals surface area contributed by atoms with Crippen LogP contribution in [-0.2, 0) is 16.6 Å². The number of fused-ring (bicyclic) bond motifs is 1. The van der Waals surface area contributed by atoms with Gasteiger partial charge in [0.1, 0.15) is 0 Å². The Balaban J connectivity index is 0.00000225. The van der Waals surface area contributed by atoms with Gasteiger partial charge in [-0.3, -0.25) is 19.6 Å². The van der Waals surface area contributed by atoms with E-state index in [1.165, 1.54) is 12.8 Å². The summed E-state index contributed by atoms with van der Waals surface area (Å²) < 4.78 is 1.82. The molecule has 1 aromatic heterocycles. The summed E-state index contributed by atoms with van der Waals surface area (Å²) in [7, 11) is 1.90. The largest absolute Gasteiger partial charge is 0.382 e. The van der Waals surface area contributed by atoms with E-state index in [0.29, 0.717) is 24.8 Å². The number of piperidine rings is 1. The summed E-state index contributed by atoms with van der Waals surface area (Å²) in [5.41, 5.74) is 8.62. The van der Waals surface area contributed by atoms with Crippen molar-refractivity contribution in [3.05, 3.63) is 23.9 Å². The number of nitrogens with one attached hydrogen (secondary N) is 2. The first-order valence-corrected chi connectivity index (χ1v) is 9.82. The molecular formula is C20H28ClN5O2. The predicted octanol–water partition coefficient (Wildman–Crippen LogP) is 2.44. The number of benzene rings is 1. The number of carbonyl (C=O) groups is 2.